The van der Waals surface area contributed by atoms with Crippen LogP contribution in [0.1, 0.15) is 46.5 Å². The number of hydrogen-bond acceptors (Lipinski definition) is 2. The van der Waals surface area contributed by atoms with E-state index in [1.165, 1.54) is 19.3 Å². The number of hydrogen-bond donors (Lipinski definition) is 1. The number of nitrogens with one attached hydrogen (secondary N) is 1. The first-order valence-electron chi connectivity index (χ1n) is 5.83. The summed E-state index contributed by atoms with van der Waals surface area (Å²) in [5.41, 5.74) is 0. The van der Waals surface area contributed by atoms with Crippen molar-refractivity contribution in [3.8, 4) is 0 Å². The predicted octanol–water partition coefficient (Wildman–Crippen LogP) is 1.89. The predicted molar refractivity (Wildman–Crippen MR) is 61.0 cm³/mol. The van der Waals surface area contributed by atoms with Gasteiger partial charge >= 0.3 is 0 Å². The molecule has 0 aromatic carbocycles. The summed E-state index contributed by atoms with van der Waals surface area (Å²) >= 11 is 0. The minimum Gasteiger partial charge on any atom is -0.212 e. The number of rotatable bonds is 2. The summed E-state index contributed by atoms with van der Waals surface area (Å²) in [6.07, 6.45) is 4.74. The van der Waals surface area contributed by atoms with Crippen molar-refractivity contribution >= 4 is 10.0 Å². The standard InChI is InChI=1S/C11H21NO2S/c1-11(2,3)15(13,14)12-10-6-4-5-8-7-9(8)10/h8-10,12H,4-7H2,1-3H3/t8-,9+,10+/m0/s1. The molecule has 0 heterocycles. The molecule has 0 bridgehead atoms. The van der Waals surface area contributed by atoms with Crippen molar-refractivity contribution in [2.45, 2.75) is 57.2 Å². The van der Waals surface area contributed by atoms with Crippen LogP contribution in [0, 0.1) is 11.8 Å². The minimum atomic E-state index is -3.15. The molecule has 2 fully saturated rings. The fourth-order valence-corrected chi connectivity index (χ4v) is 3.48. The molecular formula is C11H21NO2S. The lowest BCUT2D eigenvalue weighted by atomic mass is 9.96. The summed E-state index contributed by atoms with van der Waals surface area (Å²) < 4.78 is 26.2. The van der Waals surface area contributed by atoms with Crippen LogP contribution < -0.4 is 4.72 Å². The molecule has 3 atom stereocenters. The highest BCUT2D eigenvalue weighted by atomic mass is 32.2. The highest BCUT2D eigenvalue weighted by molar-refractivity contribution is 7.90. The van der Waals surface area contributed by atoms with Gasteiger partial charge in [-0.2, -0.15) is 0 Å². The molecule has 15 heavy (non-hydrogen) atoms. The lowest BCUT2D eigenvalue weighted by Gasteiger charge is -2.27. The van der Waals surface area contributed by atoms with Crippen molar-refractivity contribution in [2.24, 2.45) is 11.8 Å². The summed E-state index contributed by atoms with van der Waals surface area (Å²) in [5, 5.41) is 0. The Kier molecular flexibility index (Phi) is 2.62. The molecule has 0 aliphatic heterocycles. The van der Waals surface area contributed by atoms with Gasteiger partial charge in [-0.25, -0.2) is 13.1 Å². The molecule has 0 amide bonds. The first kappa shape index (κ1) is 11.4. The zero-order chi connectivity index (χ0) is 11.3. The molecule has 3 nitrogen and oxygen atoms in total. The van der Waals surface area contributed by atoms with E-state index in [1.807, 2.05) is 0 Å². The van der Waals surface area contributed by atoms with Crippen LogP contribution in [0.25, 0.3) is 0 Å². The molecule has 0 aromatic rings. The second-order valence-corrected chi connectivity index (χ2v) is 8.40. The average molecular weight is 231 g/mol. The van der Waals surface area contributed by atoms with Gasteiger partial charge in [-0.1, -0.05) is 12.8 Å². The molecule has 1 N–H and O–H groups in total. The number of sulfonamides is 1. The summed E-state index contributed by atoms with van der Waals surface area (Å²) in [5.74, 6) is 1.45. The fourth-order valence-electron chi connectivity index (χ4n) is 2.43. The van der Waals surface area contributed by atoms with Crippen molar-refractivity contribution < 1.29 is 8.42 Å². The van der Waals surface area contributed by atoms with E-state index in [0.717, 1.165) is 12.3 Å². The molecule has 0 unspecified atom stereocenters. The van der Waals surface area contributed by atoms with Gasteiger partial charge in [0.25, 0.3) is 0 Å². The molecule has 0 radical (unpaired) electrons. The maximum absolute atomic E-state index is 12.0. The Hall–Kier alpha value is -0.0900. The van der Waals surface area contributed by atoms with Crippen molar-refractivity contribution in [3.05, 3.63) is 0 Å². The Morgan fingerprint density at radius 1 is 1.20 bits per heavy atom. The average Bonchev–Trinajstić information content (AvgIpc) is 2.80. The SMILES string of the molecule is CC(C)(C)S(=O)(=O)N[C@@H]1CCC[C@H]2C[C@H]21. The Balaban J connectivity index is 2.03. The maximum atomic E-state index is 12.0. The van der Waals surface area contributed by atoms with E-state index in [4.69, 9.17) is 0 Å². The molecule has 0 saturated heterocycles. The van der Waals surface area contributed by atoms with Crippen LogP contribution in [-0.2, 0) is 10.0 Å². The highest BCUT2D eigenvalue weighted by Crippen LogP contribution is 2.49. The Bertz CT molecular complexity index is 342. The normalized spacial score (nSPS) is 36.1. The summed E-state index contributed by atoms with van der Waals surface area (Å²) in [6, 6.07) is 0.216. The Morgan fingerprint density at radius 3 is 2.47 bits per heavy atom. The molecule has 2 saturated carbocycles. The monoisotopic (exact) mass is 231 g/mol. The van der Waals surface area contributed by atoms with E-state index < -0.39 is 14.8 Å². The summed E-state index contributed by atoms with van der Waals surface area (Å²) in [7, 11) is -3.15. The van der Waals surface area contributed by atoms with Crippen molar-refractivity contribution in [2.75, 3.05) is 0 Å². The second kappa shape index (κ2) is 3.45. The van der Waals surface area contributed by atoms with Gasteiger partial charge in [0.1, 0.15) is 0 Å². The molecule has 4 heteroatoms. The fraction of sp³-hybridized carbons (Fsp3) is 1.00. The van der Waals surface area contributed by atoms with Crippen LogP contribution in [0.15, 0.2) is 0 Å². The molecular weight excluding hydrogens is 210 g/mol. The minimum absolute atomic E-state index is 0.216. The highest BCUT2D eigenvalue weighted by Gasteiger charge is 2.47. The molecule has 2 aliphatic rings. The van der Waals surface area contributed by atoms with Gasteiger partial charge in [-0.15, -0.1) is 0 Å². The van der Waals surface area contributed by atoms with Crippen molar-refractivity contribution in [1.82, 2.24) is 4.72 Å². The van der Waals surface area contributed by atoms with Crippen LogP contribution in [0.4, 0.5) is 0 Å². The van der Waals surface area contributed by atoms with Crippen LogP contribution >= 0.6 is 0 Å². The van der Waals surface area contributed by atoms with Gasteiger partial charge in [0.15, 0.2) is 0 Å². The summed E-state index contributed by atoms with van der Waals surface area (Å²) in [6.45, 7) is 5.26. The van der Waals surface area contributed by atoms with Gasteiger partial charge in [0, 0.05) is 6.04 Å². The van der Waals surface area contributed by atoms with Gasteiger partial charge in [0.2, 0.25) is 10.0 Å². The smallest absolute Gasteiger partial charge is 0.212 e. The molecule has 0 aromatic heterocycles. The molecule has 0 spiro atoms. The zero-order valence-corrected chi connectivity index (χ0v) is 10.6. The van der Waals surface area contributed by atoms with Gasteiger partial charge in [-0.05, 0) is 45.4 Å². The lowest BCUT2D eigenvalue weighted by Crippen LogP contribution is -2.46. The quantitative estimate of drug-likeness (QED) is 0.789. The van der Waals surface area contributed by atoms with E-state index in [0.29, 0.717) is 5.92 Å². The van der Waals surface area contributed by atoms with E-state index in [9.17, 15) is 8.42 Å². The van der Waals surface area contributed by atoms with E-state index >= 15 is 0 Å². The van der Waals surface area contributed by atoms with Crippen LogP contribution in [0.5, 0.6) is 0 Å². The van der Waals surface area contributed by atoms with Crippen LogP contribution in [0.2, 0.25) is 0 Å². The molecule has 88 valence electrons. The van der Waals surface area contributed by atoms with Crippen LogP contribution in [0.3, 0.4) is 0 Å². The third kappa shape index (κ3) is 2.21. The maximum Gasteiger partial charge on any atom is 0.216 e. The van der Waals surface area contributed by atoms with E-state index in [2.05, 4.69) is 4.72 Å². The van der Waals surface area contributed by atoms with Gasteiger partial charge in [0.05, 0.1) is 4.75 Å². The van der Waals surface area contributed by atoms with Gasteiger partial charge < -0.3 is 0 Å². The number of fused-ring (bicyclic) bond motifs is 1. The third-order valence-corrected chi connectivity index (χ3v) is 5.92. The largest absolute Gasteiger partial charge is 0.216 e. The van der Waals surface area contributed by atoms with Crippen molar-refractivity contribution in [1.29, 1.82) is 0 Å². The van der Waals surface area contributed by atoms with E-state index in [1.54, 1.807) is 20.8 Å². The molecule has 2 rings (SSSR count). The van der Waals surface area contributed by atoms with E-state index in [-0.39, 0.29) is 6.04 Å². The Morgan fingerprint density at radius 2 is 1.87 bits per heavy atom. The van der Waals surface area contributed by atoms with Gasteiger partial charge in [-0.3, -0.25) is 0 Å². The van der Waals surface area contributed by atoms with Crippen LogP contribution in [-0.4, -0.2) is 19.2 Å². The first-order chi connectivity index (χ1) is 6.81. The second-order valence-electron chi connectivity index (χ2n) is 5.93. The first-order valence-corrected chi connectivity index (χ1v) is 7.31. The van der Waals surface area contributed by atoms with Crippen molar-refractivity contribution in [3.63, 3.8) is 0 Å². The topological polar surface area (TPSA) is 46.2 Å². The zero-order valence-electron chi connectivity index (χ0n) is 9.79. The summed E-state index contributed by atoms with van der Waals surface area (Å²) in [4.78, 5) is 0. The Labute approximate surface area is 92.7 Å². The lowest BCUT2D eigenvalue weighted by molar-refractivity contribution is 0.387. The third-order valence-electron chi connectivity index (χ3n) is 3.70. The molecule has 2 aliphatic carbocycles.